The molecule has 0 spiro atoms. The van der Waals surface area contributed by atoms with Crippen molar-refractivity contribution in [2.24, 2.45) is 7.05 Å². The molecule has 0 atom stereocenters. The van der Waals surface area contributed by atoms with E-state index >= 15 is 0 Å². The Labute approximate surface area is 234 Å². The summed E-state index contributed by atoms with van der Waals surface area (Å²) in [6, 6.07) is 8.33. The normalized spacial score (nSPS) is 16.9. The summed E-state index contributed by atoms with van der Waals surface area (Å²) in [4.78, 5) is 29.7. The first kappa shape index (κ1) is 25.2. The van der Waals surface area contributed by atoms with Crippen molar-refractivity contribution in [2.45, 2.75) is 51.1 Å². The van der Waals surface area contributed by atoms with Crippen LogP contribution >= 0.6 is 0 Å². The van der Waals surface area contributed by atoms with Crippen molar-refractivity contribution in [1.29, 1.82) is 0 Å². The molecule has 2 N–H and O–H groups in total. The number of nitrogens with one attached hydrogen (secondary N) is 2. The van der Waals surface area contributed by atoms with E-state index in [0.717, 1.165) is 96.9 Å². The Morgan fingerprint density at radius 2 is 1.95 bits per heavy atom. The monoisotopic (exact) mass is 537 g/mol. The zero-order chi connectivity index (χ0) is 27.4. The Balaban J connectivity index is 1.28. The summed E-state index contributed by atoms with van der Waals surface area (Å²) in [6.45, 7) is 2.82. The van der Waals surface area contributed by atoms with Gasteiger partial charge >= 0.3 is 0 Å². The van der Waals surface area contributed by atoms with Crippen LogP contribution in [0.3, 0.4) is 0 Å². The first-order valence-corrected chi connectivity index (χ1v) is 14.2. The van der Waals surface area contributed by atoms with Crippen LogP contribution in [0, 0.1) is 0 Å². The lowest BCUT2D eigenvalue weighted by molar-refractivity contribution is 0.0849. The number of nitrogens with zero attached hydrogens (tertiary/aromatic N) is 5. The Morgan fingerprint density at radius 1 is 1.10 bits per heavy atom. The summed E-state index contributed by atoms with van der Waals surface area (Å²) < 4.78 is 7.81. The van der Waals surface area contributed by atoms with Crippen molar-refractivity contribution in [3.63, 3.8) is 0 Å². The highest BCUT2D eigenvalue weighted by atomic mass is 16.5. The molecule has 9 nitrogen and oxygen atoms in total. The number of amides is 1. The van der Waals surface area contributed by atoms with Gasteiger partial charge in [0.1, 0.15) is 17.8 Å². The lowest BCUT2D eigenvalue weighted by Crippen LogP contribution is -2.19. The van der Waals surface area contributed by atoms with Crippen LogP contribution in [-0.4, -0.2) is 57.6 Å². The van der Waals surface area contributed by atoms with Gasteiger partial charge in [-0.05, 0) is 80.9 Å². The van der Waals surface area contributed by atoms with Gasteiger partial charge in [0, 0.05) is 50.0 Å². The van der Waals surface area contributed by atoms with Gasteiger partial charge in [-0.2, -0.15) is 0 Å². The van der Waals surface area contributed by atoms with E-state index in [-0.39, 0.29) is 5.91 Å². The second kappa shape index (κ2) is 9.98. The van der Waals surface area contributed by atoms with E-state index in [1.807, 2.05) is 12.1 Å². The van der Waals surface area contributed by atoms with Gasteiger partial charge in [-0.15, -0.1) is 0 Å². The third-order valence-corrected chi connectivity index (χ3v) is 8.66. The average molecular weight is 538 g/mol. The molecule has 1 aliphatic carbocycles. The van der Waals surface area contributed by atoms with Gasteiger partial charge in [-0.1, -0.05) is 12.1 Å². The molecule has 1 fully saturated rings. The summed E-state index contributed by atoms with van der Waals surface area (Å²) in [5.41, 5.74) is 10.3. The minimum Gasteiger partial charge on any atom is -0.381 e. The maximum absolute atomic E-state index is 13.2. The number of aromatic nitrogens is 4. The number of ether oxygens (including phenoxy) is 1. The minimum atomic E-state index is -0.0738. The molecule has 40 heavy (non-hydrogen) atoms. The van der Waals surface area contributed by atoms with Gasteiger partial charge in [0.05, 0.1) is 22.6 Å². The molecule has 2 aliphatic heterocycles. The molecule has 5 heterocycles. The number of carbonyl (C=O) groups excluding carboxylic acids is 1. The quantitative estimate of drug-likeness (QED) is 0.375. The fraction of sp³-hybridized carbons (Fsp3) is 0.419. The van der Waals surface area contributed by atoms with Gasteiger partial charge in [0.25, 0.3) is 5.91 Å². The molecule has 0 saturated carbocycles. The highest BCUT2D eigenvalue weighted by Gasteiger charge is 2.30. The van der Waals surface area contributed by atoms with Gasteiger partial charge in [0.2, 0.25) is 0 Å². The molecule has 4 aromatic rings. The van der Waals surface area contributed by atoms with Crippen molar-refractivity contribution in [3.05, 3.63) is 64.2 Å². The molecule has 0 unspecified atom stereocenters. The zero-order valence-corrected chi connectivity index (χ0v) is 23.4. The van der Waals surface area contributed by atoms with Crippen molar-refractivity contribution in [2.75, 3.05) is 32.6 Å². The molecule has 0 bridgehead atoms. The number of hydrogen-bond acceptors (Lipinski definition) is 7. The number of carbonyl (C=O) groups is 1. The lowest BCUT2D eigenvalue weighted by atomic mass is 9.90. The van der Waals surface area contributed by atoms with Crippen molar-refractivity contribution in [3.8, 4) is 11.3 Å². The predicted octanol–water partition coefficient (Wildman–Crippen LogP) is 4.46. The predicted molar refractivity (Wildman–Crippen MR) is 155 cm³/mol. The molecule has 206 valence electrons. The molecule has 9 heteroatoms. The summed E-state index contributed by atoms with van der Waals surface area (Å²) in [5, 5.41) is 7.66. The number of anilines is 2. The molecule has 1 aromatic carbocycles. The fourth-order valence-electron chi connectivity index (χ4n) is 6.81. The first-order valence-electron chi connectivity index (χ1n) is 14.2. The summed E-state index contributed by atoms with van der Waals surface area (Å²) in [6.07, 6.45) is 6.94. The SMILES string of the molecule is CN(C)Cc1nc(Nc2ccc(-c3ncnc4c3c3c(n4C)CCC3)c3c2C(=O)NC3)ccc1C1CCOCC1. The van der Waals surface area contributed by atoms with Crippen LogP contribution in [0.2, 0.25) is 0 Å². The topological polar surface area (TPSA) is 97.2 Å². The highest BCUT2D eigenvalue weighted by molar-refractivity contribution is 6.07. The Kier molecular flexibility index (Phi) is 6.28. The maximum Gasteiger partial charge on any atom is 0.254 e. The zero-order valence-electron chi connectivity index (χ0n) is 23.4. The van der Waals surface area contributed by atoms with Crippen LogP contribution in [-0.2, 0) is 37.7 Å². The van der Waals surface area contributed by atoms with E-state index in [9.17, 15) is 4.79 Å². The van der Waals surface area contributed by atoms with Crippen LogP contribution in [0.25, 0.3) is 22.3 Å². The van der Waals surface area contributed by atoms with Crippen molar-refractivity contribution in [1.82, 2.24) is 29.7 Å². The molecular formula is C31H35N7O2. The summed E-state index contributed by atoms with van der Waals surface area (Å²) in [7, 11) is 6.23. The number of rotatable bonds is 6. The van der Waals surface area contributed by atoms with Crippen LogP contribution < -0.4 is 10.6 Å². The molecule has 3 aromatic heterocycles. The number of aryl methyl sites for hydroxylation is 2. The van der Waals surface area contributed by atoms with E-state index < -0.39 is 0 Å². The molecule has 0 radical (unpaired) electrons. The van der Waals surface area contributed by atoms with Gasteiger partial charge in [0.15, 0.2) is 0 Å². The summed E-state index contributed by atoms with van der Waals surface area (Å²) >= 11 is 0. The third-order valence-electron chi connectivity index (χ3n) is 8.66. The van der Waals surface area contributed by atoms with E-state index in [1.54, 1.807) is 6.33 Å². The number of fused-ring (bicyclic) bond motifs is 4. The second-order valence-corrected chi connectivity index (χ2v) is 11.4. The number of benzene rings is 1. The van der Waals surface area contributed by atoms with Crippen LogP contribution in [0.5, 0.6) is 0 Å². The molecule has 7 rings (SSSR count). The molecular weight excluding hydrogens is 502 g/mol. The Bertz CT molecular complexity index is 1630. The van der Waals surface area contributed by atoms with E-state index in [1.165, 1.54) is 16.8 Å². The van der Waals surface area contributed by atoms with E-state index in [4.69, 9.17) is 14.7 Å². The van der Waals surface area contributed by atoms with Crippen molar-refractivity contribution < 1.29 is 9.53 Å². The van der Waals surface area contributed by atoms with E-state index in [0.29, 0.717) is 18.0 Å². The Hall–Kier alpha value is -3.82. The molecule has 1 amide bonds. The number of hydrogen-bond donors (Lipinski definition) is 2. The number of pyridine rings is 1. The largest absolute Gasteiger partial charge is 0.381 e. The molecule has 1 saturated heterocycles. The van der Waals surface area contributed by atoms with Gasteiger partial charge in [-0.25, -0.2) is 15.0 Å². The third kappa shape index (κ3) is 4.15. The maximum atomic E-state index is 13.2. The lowest BCUT2D eigenvalue weighted by Gasteiger charge is -2.25. The standard InChI is InChI=1S/C31H35N7O2/c1-37(2)16-24-19(18-11-13-40-14-12-18)8-10-26(36-24)35-23-9-7-20(22-15-32-31(39)27(22)23)29-28-21-5-4-6-25(21)38(3)30(28)34-17-33-29/h7-10,17-18H,4-6,11-16H2,1-3H3,(H,32,39)(H,35,36). The minimum absolute atomic E-state index is 0.0738. The fourth-order valence-corrected chi connectivity index (χ4v) is 6.81. The Morgan fingerprint density at radius 3 is 2.77 bits per heavy atom. The average Bonchev–Trinajstić information content (AvgIpc) is 3.66. The van der Waals surface area contributed by atoms with Crippen LogP contribution in [0.15, 0.2) is 30.6 Å². The van der Waals surface area contributed by atoms with Gasteiger partial charge in [-0.3, -0.25) is 4.79 Å². The second-order valence-electron chi connectivity index (χ2n) is 11.4. The van der Waals surface area contributed by atoms with Crippen LogP contribution in [0.1, 0.15) is 63.6 Å². The van der Waals surface area contributed by atoms with E-state index in [2.05, 4.69) is 58.4 Å². The first-order chi connectivity index (χ1) is 19.5. The summed E-state index contributed by atoms with van der Waals surface area (Å²) in [5.74, 6) is 1.13. The highest BCUT2D eigenvalue weighted by Crippen LogP contribution is 2.41. The van der Waals surface area contributed by atoms with Crippen molar-refractivity contribution >= 4 is 28.4 Å². The van der Waals surface area contributed by atoms with Crippen LogP contribution in [0.4, 0.5) is 11.5 Å². The molecule has 3 aliphatic rings. The van der Waals surface area contributed by atoms with Gasteiger partial charge < -0.3 is 24.8 Å². The smallest absolute Gasteiger partial charge is 0.254 e.